The van der Waals surface area contributed by atoms with Gasteiger partial charge in [0.05, 0.1) is 10.3 Å². The topological polar surface area (TPSA) is 94.2 Å². The number of benzene rings is 3. The van der Waals surface area contributed by atoms with Gasteiger partial charge in [-0.3, -0.25) is 4.79 Å². The molecule has 200 valence electrons. The van der Waals surface area contributed by atoms with Crippen molar-refractivity contribution in [1.29, 1.82) is 0 Å². The molecule has 0 aromatic heterocycles. The number of anilines is 1. The van der Waals surface area contributed by atoms with Crippen LogP contribution in [0.5, 0.6) is 17.2 Å². The highest BCUT2D eigenvalue weighted by Crippen LogP contribution is 2.51. The molecule has 2 aliphatic rings. The van der Waals surface area contributed by atoms with Gasteiger partial charge in [-0.25, -0.2) is 12.7 Å². The molecule has 0 spiro atoms. The monoisotopic (exact) mass is 548 g/mol. The van der Waals surface area contributed by atoms with E-state index >= 15 is 0 Å². The van der Waals surface area contributed by atoms with Crippen LogP contribution < -0.4 is 19.5 Å². The minimum atomic E-state index is -4.98. The maximum Gasteiger partial charge on any atom is 0.573 e. The molecule has 12 heteroatoms. The minimum Gasteiger partial charge on any atom is -0.454 e. The largest absolute Gasteiger partial charge is 0.573 e. The van der Waals surface area contributed by atoms with E-state index in [1.165, 1.54) is 50.5 Å². The highest BCUT2D eigenvalue weighted by Gasteiger charge is 2.51. The maximum absolute atomic E-state index is 13.3. The van der Waals surface area contributed by atoms with E-state index in [2.05, 4.69) is 10.1 Å². The molecule has 38 heavy (non-hydrogen) atoms. The summed E-state index contributed by atoms with van der Waals surface area (Å²) in [5, 5.41) is 2.80. The molecule has 1 N–H and O–H groups in total. The zero-order chi connectivity index (χ0) is 27.3. The maximum atomic E-state index is 13.3. The Balaban J connectivity index is 1.49. The van der Waals surface area contributed by atoms with Crippen molar-refractivity contribution < 1.29 is 40.6 Å². The second-order valence-corrected chi connectivity index (χ2v) is 11.3. The van der Waals surface area contributed by atoms with Crippen LogP contribution in [0, 0.1) is 0 Å². The highest BCUT2D eigenvalue weighted by molar-refractivity contribution is 7.89. The average Bonchev–Trinajstić information content (AvgIpc) is 3.55. The van der Waals surface area contributed by atoms with E-state index in [0.29, 0.717) is 24.3 Å². The Kier molecular flexibility index (Phi) is 6.27. The quantitative estimate of drug-likeness (QED) is 0.452. The van der Waals surface area contributed by atoms with Crippen LogP contribution in [-0.4, -0.2) is 45.9 Å². The molecule has 1 aliphatic heterocycles. The van der Waals surface area contributed by atoms with Crippen LogP contribution in [-0.2, 0) is 20.2 Å². The molecule has 0 radical (unpaired) electrons. The summed E-state index contributed by atoms with van der Waals surface area (Å²) in [5.74, 6) is 0.279. The summed E-state index contributed by atoms with van der Waals surface area (Å²) in [6.45, 7) is 0.101. The molecular weight excluding hydrogens is 525 g/mol. The number of alkyl halides is 3. The number of nitrogens with one attached hydrogen (secondary N) is 1. The van der Waals surface area contributed by atoms with Crippen molar-refractivity contribution >= 4 is 21.6 Å². The Morgan fingerprint density at radius 2 is 1.74 bits per heavy atom. The predicted octanol–water partition coefficient (Wildman–Crippen LogP) is 4.90. The summed E-state index contributed by atoms with van der Waals surface area (Å²) >= 11 is 0. The van der Waals surface area contributed by atoms with E-state index in [9.17, 15) is 26.4 Å². The van der Waals surface area contributed by atoms with Crippen LogP contribution in [0.4, 0.5) is 18.9 Å². The number of hydrogen-bond acceptors (Lipinski definition) is 6. The zero-order valence-corrected chi connectivity index (χ0v) is 21.2. The van der Waals surface area contributed by atoms with Crippen LogP contribution in [0.1, 0.15) is 18.4 Å². The molecule has 1 fully saturated rings. The van der Waals surface area contributed by atoms with Crippen LogP contribution in [0.3, 0.4) is 0 Å². The summed E-state index contributed by atoms with van der Waals surface area (Å²) in [6, 6.07) is 14.5. The van der Waals surface area contributed by atoms with Crippen molar-refractivity contribution in [3.63, 3.8) is 0 Å². The first kappa shape index (κ1) is 25.9. The number of fused-ring (bicyclic) bond motifs is 1. The molecule has 0 bridgehead atoms. The van der Waals surface area contributed by atoms with Crippen LogP contribution in [0.15, 0.2) is 65.6 Å². The van der Waals surface area contributed by atoms with Gasteiger partial charge in [-0.05, 0) is 66.4 Å². The lowest BCUT2D eigenvalue weighted by Crippen LogP contribution is -2.27. The van der Waals surface area contributed by atoms with Gasteiger partial charge in [0.25, 0.3) is 0 Å². The zero-order valence-electron chi connectivity index (χ0n) is 20.3. The highest BCUT2D eigenvalue weighted by atomic mass is 32.2. The first-order valence-electron chi connectivity index (χ1n) is 11.5. The Morgan fingerprint density at radius 1 is 1.00 bits per heavy atom. The third kappa shape index (κ3) is 4.88. The van der Waals surface area contributed by atoms with Crippen LogP contribution in [0.2, 0.25) is 0 Å². The summed E-state index contributed by atoms with van der Waals surface area (Å²) < 4.78 is 80.6. The van der Waals surface area contributed by atoms with Gasteiger partial charge in [0.2, 0.25) is 22.7 Å². The molecule has 5 rings (SSSR count). The third-order valence-electron chi connectivity index (χ3n) is 6.50. The van der Waals surface area contributed by atoms with Gasteiger partial charge in [-0.1, -0.05) is 18.2 Å². The van der Waals surface area contributed by atoms with E-state index in [4.69, 9.17) is 9.47 Å². The van der Waals surface area contributed by atoms with Gasteiger partial charge in [0, 0.05) is 25.3 Å². The number of hydrogen-bond donors (Lipinski definition) is 1. The van der Waals surface area contributed by atoms with Crippen LogP contribution in [0.25, 0.3) is 11.1 Å². The van der Waals surface area contributed by atoms with Crippen molar-refractivity contribution in [1.82, 2.24) is 4.31 Å². The van der Waals surface area contributed by atoms with Crippen molar-refractivity contribution in [2.24, 2.45) is 0 Å². The summed E-state index contributed by atoms with van der Waals surface area (Å²) in [6.07, 6.45) is -3.81. The Labute approximate surface area is 217 Å². The fraction of sp³-hybridized carbons (Fsp3) is 0.269. The molecule has 3 aromatic carbocycles. The lowest BCUT2D eigenvalue weighted by atomic mass is 9.94. The molecule has 1 saturated carbocycles. The van der Waals surface area contributed by atoms with E-state index in [0.717, 1.165) is 15.9 Å². The molecule has 0 saturated heterocycles. The lowest BCUT2D eigenvalue weighted by molar-refractivity contribution is -0.274. The number of sulfonamides is 1. The molecule has 8 nitrogen and oxygen atoms in total. The Morgan fingerprint density at radius 3 is 2.42 bits per heavy atom. The number of carbonyl (C=O) groups is 1. The van der Waals surface area contributed by atoms with Crippen molar-refractivity contribution in [2.45, 2.75) is 29.5 Å². The first-order chi connectivity index (χ1) is 17.9. The minimum absolute atomic E-state index is 0.0381. The number of halogens is 3. The smallest absolute Gasteiger partial charge is 0.454 e. The molecular formula is C26H23F3N2O6S. The molecule has 0 unspecified atom stereocenters. The van der Waals surface area contributed by atoms with Gasteiger partial charge in [-0.15, -0.1) is 13.2 Å². The van der Waals surface area contributed by atoms with Gasteiger partial charge in [-0.2, -0.15) is 0 Å². The van der Waals surface area contributed by atoms with Crippen LogP contribution >= 0.6 is 0 Å². The van der Waals surface area contributed by atoms with Crippen molar-refractivity contribution in [2.75, 3.05) is 26.2 Å². The number of ether oxygens (including phenoxy) is 3. The number of amides is 1. The normalized spacial score (nSPS) is 15.8. The Bertz CT molecular complexity index is 1520. The molecule has 1 amide bonds. The summed E-state index contributed by atoms with van der Waals surface area (Å²) in [7, 11) is -1.15. The molecule has 1 heterocycles. The van der Waals surface area contributed by atoms with Gasteiger partial charge >= 0.3 is 6.36 Å². The standard InChI is InChI=1S/C26H23F3N2O6S/c1-31(2)38(33,34)19-5-3-4-16(12-19)20-14-18(7-9-21(20)37-26(27,28)29)30-24(32)25(10-11-25)17-6-8-22-23(13-17)36-15-35-22/h3-9,12-14H,10-11,15H2,1-2H3,(H,30,32). The molecule has 0 atom stereocenters. The van der Waals surface area contributed by atoms with E-state index in [1.54, 1.807) is 18.2 Å². The third-order valence-corrected chi connectivity index (χ3v) is 8.31. The number of rotatable bonds is 7. The molecule has 1 aliphatic carbocycles. The molecule has 3 aromatic rings. The number of carbonyl (C=O) groups excluding carboxylic acids is 1. The number of nitrogens with zero attached hydrogens (tertiary/aromatic N) is 1. The second-order valence-electron chi connectivity index (χ2n) is 9.18. The van der Waals surface area contributed by atoms with Gasteiger partial charge in [0.1, 0.15) is 5.75 Å². The SMILES string of the molecule is CN(C)S(=O)(=O)c1cccc(-c2cc(NC(=O)C3(c4ccc5c(c4)OCO5)CC3)ccc2OC(F)(F)F)c1. The Hall–Kier alpha value is -3.77. The van der Waals surface area contributed by atoms with Gasteiger partial charge in [0.15, 0.2) is 11.5 Å². The van der Waals surface area contributed by atoms with Crippen molar-refractivity contribution in [3.05, 3.63) is 66.2 Å². The summed E-state index contributed by atoms with van der Waals surface area (Å²) in [4.78, 5) is 13.2. The van der Waals surface area contributed by atoms with E-state index < -0.39 is 27.6 Å². The fourth-order valence-electron chi connectivity index (χ4n) is 4.30. The van der Waals surface area contributed by atoms with Crippen molar-refractivity contribution in [3.8, 4) is 28.4 Å². The lowest BCUT2D eigenvalue weighted by Gasteiger charge is -2.19. The second kappa shape index (κ2) is 9.21. The fourth-order valence-corrected chi connectivity index (χ4v) is 5.25. The van der Waals surface area contributed by atoms with Gasteiger partial charge < -0.3 is 19.5 Å². The average molecular weight is 549 g/mol. The van der Waals surface area contributed by atoms with E-state index in [1.807, 2.05) is 0 Å². The first-order valence-corrected chi connectivity index (χ1v) is 13.0. The summed E-state index contributed by atoms with van der Waals surface area (Å²) in [5.41, 5.74) is 0.302. The predicted molar refractivity (Wildman–Crippen MR) is 132 cm³/mol. The van der Waals surface area contributed by atoms with E-state index in [-0.39, 0.29) is 34.4 Å².